The van der Waals surface area contributed by atoms with Crippen molar-refractivity contribution >= 4 is 35.0 Å². The van der Waals surface area contributed by atoms with E-state index >= 15 is 0 Å². The van der Waals surface area contributed by atoms with Gasteiger partial charge in [-0.2, -0.15) is 0 Å². The predicted molar refractivity (Wildman–Crippen MR) is 93.0 cm³/mol. The number of aromatic amines is 1. The molecule has 0 saturated carbocycles. The largest absolute Gasteiger partial charge is 0.346 e. The minimum atomic E-state index is 0. The second-order valence-electron chi connectivity index (χ2n) is 4.99. The molecule has 0 spiro atoms. The Morgan fingerprint density at radius 3 is 2.91 bits per heavy atom. The third-order valence-electron chi connectivity index (χ3n) is 3.70. The molecular formula is C16H18Cl2N4. The van der Waals surface area contributed by atoms with Crippen molar-refractivity contribution in [3.05, 3.63) is 59.1 Å². The number of aromatic nitrogens is 3. The minimum Gasteiger partial charge on any atom is -0.346 e. The molecule has 0 fully saturated rings. The fourth-order valence-corrected chi connectivity index (χ4v) is 2.94. The average Bonchev–Trinajstić information content (AvgIpc) is 2.94. The lowest BCUT2D eigenvalue weighted by molar-refractivity contribution is 0.663. The molecule has 1 unspecified atom stereocenters. The summed E-state index contributed by atoms with van der Waals surface area (Å²) < 4.78 is 0. The van der Waals surface area contributed by atoms with Crippen LogP contribution in [0.25, 0.3) is 11.0 Å². The summed E-state index contributed by atoms with van der Waals surface area (Å²) in [5.41, 5.74) is 3.19. The zero-order valence-corrected chi connectivity index (χ0v) is 13.8. The first-order chi connectivity index (χ1) is 10.3. The molecule has 116 valence electrons. The van der Waals surface area contributed by atoms with Crippen LogP contribution in [-0.2, 0) is 0 Å². The van der Waals surface area contributed by atoms with Crippen LogP contribution in [0.4, 0.5) is 0 Å². The molecule has 0 amide bonds. The number of hydrogen-bond acceptors (Lipinski definition) is 3. The van der Waals surface area contributed by atoms with Gasteiger partial charge in [0.05, 0.1) is 5.02 Å². The van der Waals surface area contributed by atoms with E-state index < -0.39 is 0 Å². The van der Waals surface area contributed by atoms with Crippen LogP contribution in [0.5, 0.6) is 0 Å². The van der Waals surface area contributed by atoms with E-state index in [-0.39, 0.29) is 18.3 Å². The fraction of sp³-hybridized carbons (Fsp3) is 0.250. The Bertz CT molecular complexity index is 727. The van der Waals surface area contributed by atoms with E-state index in [1.54, 1.807) is 12.4 Å². The molecule has 0 saturated heterocycles. The van der Waals surface area contributed by atoms with E-state index in [4.69, 9.17) is 11.6 Å². The number of rotatable bonds is 5. The molecule has 0 aliphatic rings. The first-order valence-electron chi connectivity index (χ1n) is 6.97. The van der Waals surface area contributed by atoms with Crippen LogP contribution in [0.2, 0.25) is 5.02 Å². The van der Waals surface area contributed by atoms with Crippen molar-refractivity contribution in [1.82, 2.24) is 20.3 Å². The quantitative estimate of drug-likeness (QED) is 0.745. The maximum absolute atomic E-state index is 6.38. The maximum Gasteiger partial charge on any atom is 0.139 e. The summed E-state index contributed by atoms with van der Waals surface area (Å²) in [5.74, 6) is 0.238. The molecule has 3 rings (SSSR count). The molecule has 0 bridgehead atoms. The Kier molecular flexibility index (Phi) is 5.77. The molecule has 0 aliphatic carbocycles. The van der Waals surface area contributed by atoms with Gasteiger partial charge in [0.2, 0.25) is 0 Å². The summed E-state index contributed by atoms with van der Waals surface area (Å²) in [4.78, 5) is 11.8. The SMILES string of the molecule is CNCCC(c1cccnc1)c1c[nH]c2nccc(Cl)c12.Cl. The lowest BCUT2D eigenvalue weighted by Crippen LogP contribution is -2.13. The fourth-order valence-electron chi connectivity index (χ4n) is 2.69. The Labute approximate surface area is 140 Å². The highest BCUT2D eigenvalue weighted by molar-refractivity contribution is 6.35. The summed E-state index contributed by atoms with van der Waals surface area (Å²) in [6, 6.07) is 5.91. The van der Waals surface area contributed by atoms with E-state index in [0.29, 0.717) is 0 Å². The van der Waals surface area contributed by atoms with Crippen LogP contribution in [0.1, 0.15) is 23.5 Å². The molecule has 3 aromatic rings. The van der Waals surface area contributed by atoms with Gasteiger partial charge in [-0.25, -0.2) is 4.98 Å². The molecule has 0 aromatic carbocycles. The summed E-state index contributed by atoms with van der Waals surface area (Å²) in [6.07, 6.45) is 8.42. The first-order valence-corrected chi connectivity index (χ1v) is 7.35. The summed E-state index contributed by atoms with van der Waals surface area (Å²) in [5, 5.41) is 4.95. The Balaban J connectivity index is 0.00000176. The number of hydrogen-bond donors (Lipinski definition) is 2. The maximum atomic E-state index is 6.38. The van der Waals surface area contributed by atoms with Crippen LogP contribution < -0.4 is 5.32 Å². The van der Waals surface area contributed by atoms with Crippen LogP contribution in [-0.4, -0.2) is 28.5 Å². The number of pyridine rings is 2. The molecular weight excluding hydrogens is 319 g/mol. The monoisotopic (exact) mass is 336 g/mol. The normalized spacial score (nSPS) is 12.1. The van der Waals surface area contributed by atoms with E-state index in [1.165, 1.54) is 11.1 Å². The zero-order chi connectivity index (χ0) is 14.7. The number of halogens is 2. The third kappa shape index (κ3) is 3.24. The van der Waals surface area contributed by atoms with Crippen LogP contribution in [0, 0.1) is 0 Å². The van der Waals surface area contributed by atoms with Gasteiger partial charge in [0, 0.05) is 36.1 Å². The molecule has 4 nitrogen and oxygen atoms in total. The van der Waals surface area contributed by atoms with Crippen molar-refractivity contribution < 1.29 is 0 Å². The molecule has 3 heterocycles. The van der Waals surface area contributed by atoms with Gasteiger partial charge in [0.1, 0.15) is 5.65 Å². The summed E-state index contributed by atoms with van der Waals surface area (Å²) >= 11 is 6.38. The Hall–Kier alpha value is -1.62. The van der Waals surface area contributed by atoms with Gasteiger partial charge >= 0.3 is 0 Å². The van der Waals surface area contributed by atoms with Gasteiger partial charge in [0.15, 0.2) is 0 Å². The highest BCUT2D eigenvalue weighted by Crippen LogP contribution is 2.35. The van der Waals surface area contributed by atoms with Crippen molar-refractivity contribution in [3.8, 4) is 0 Å². The molecule has 3 aromatic heterocycles. The van der Waals surface area contributed by atoms with Crippen LogP contribution in [0.15, 0.2) is 43.0 Å². The number of fused-ring (bicyclic) bond motifs is 1. The second-order valence-corrected chi connectivity index (χ2v) is 5.40. The number of nitrogens with one attached hydrogen (secondary N) is 2. The molecule has 1 atom stereocenters. The Morgan fingerprint density at radius 2 is 2.18 bits per heavy atom. The van der Waals surface area contributed by atoms with Gasteiger partial charge in [-0.15, -0.1) is 12.4 Å². The highest BCUT2D eigenvalue weighted by Gasteiger charge is 2.19. The summed E-state index contributed by atoms with van der Waals surface area (Å²) in [6.45, 7) is 0.921. The average molecular weight is 337 g/mol. The molecule has 0 aliphatic heterocycles. The second kappa shape index (κ2) is 7.58. The van der Waals surface area contributed by atoms with Crippen molar-refractivity contribution in [2.24, 2.45) is 0 Å². The van der Waals surface area contributed by atoms with Gasteiger partial charge < -0.3 is 10.3 Å². The molecule has 22 heavy (non-hydrogen) atoms. The number of H-pyrrole nitrogens is 1. The van der Waals surface area contributed by atoms with Gasteiger partial charge in [-0.1, -0.05) is 17.7 Å². The molecule has 2 N–H and O–H groups in total. The highest BCUT2D eigenvalue weighted by atomic mass is 35.5. The van der Waals surface area contributed by atoms with Crippen molar-refractivity contribution in [1.29, 1.82) is 0 Å². The first kappa shape index (κ1) is 16.7. The zero-order valence-electron chi connectivity index (χ0n) is 12.2. The summed E-state index contributed by atoms with van der Waals surface area (Å²) in [7, 11) is 1.96. The van der Waals surface area contributed by atoms with Gasteiger partial charge in [0.25, 0.3) is 0 Å². The van der Waals surface area contributed by atoms with Crippen molar-refractivity contribution in [2.75, 3.05) is 13.6 Å². The van der Waals surface area contributed by atoms with E-state index in [1.807, 2.05) is 31.6 Å². The topological polar surface area (TPSA) is 53.6 Å². The smallest absolute Gasteiger partial charge is 0.139 e. The molecule has 6 heteroatoms. The lowest BCUT2D eigenvalue weighted by atomic mass is 9.89. The van der Waals surface area contributed by atoms with E-state index in [9.17, 15) is 0 Å². The van der Waals surface area contributed by atoms with Crippen LogP contribution >= 0.6 is 24.0 Å². The van der Waals surface area contributed by atoms with Crippen molar-refractivity contribution in [2.45, 2.75) is 12.3 Å². The predicted octanol–water partition coefficient (Wildman–Crippen LogP) is 3.77. The Morgan fingerprint density at radius 1 is 1.32 bits per heavy atom. The standard InChI is InChI=1S/C16H17ClN4.ClH/c1-18-7-4-12(11-3-2-6-19-9-11)13-10-21-16-15(13)14(17)5-8-20-16;/h2-3,5-6,8-10,12,18H,4,7H2,1H3,(H,20,21);1H. The number of nitrogens with zero attached hydrogens (tertiary/aromatic N) is 2. The third-order valence-corrected chi connectivity index (χ3v) is 4.01. The van der Waals surface area contributed by atoms with Gasteiger partial charge in [-0.05, 0) is 43.3 Å². The van der Waals surface area contributed by atoms with Crippen LogP contribution in [0.3, 0.4) is 0 Å². The minimum absolute atomic E-state index is 0. The molecule has 0 radical (unpaired) electrons. The lowest BCUT2D eigenvalue weighted by Gasteiger charge is -2.17. The van der Waals surface area contributed by atoms with E-state index in [0.717, 1.165) is 29.0 Å². The van der Waals surface area contributed by atoms with Crippen molar-refractivity contribution in [3.63, 3.8) is 0 Å². The van der Waals surface area contributed by atoms with Gasteiger partial charge in [-0.3, -0.25) is 4.98 Å². The van der Waals surface area contributed by atoms with E-state index in [2.05, 4.69) is 26.3 Å².